The molecule has 17 heavy (non-hydrogen) atoms. The van der Waals surface area contributed by atoms with E-state index in [9.17, 15) is 13.6 Å². The zero-order chi connectivity index (χ0) is 12.8. The number of aryl methyl sites for hydroxylation is 1. The molecular formula is C11H14NO4S-. The molecule has 94 valence electrons. The van der Waals surface area contributed by atoms with Crippen LogP contribution in [0, 0.1) is 6.92 Å². The molecule has 6 heteroatoms. The maximum absolute atomic E-state index is 11.0. The molecule has 0 saturated carbocycles. The first kappa shape index (κ1) is 13.7. The maximum Gasteiger partial charge on any atom is 0.303 e. The molecule has 0 radical (unpaired) electrons. The quantitative estimate of drug-likeness (QED) is 0.781. The summed E-state index contributed by atoms with van der Waals surface area (Å²) in [6.45, 7) is 2.08. The first-order valence-electron chi connectivity index (χ1n) is 5.16. The average Bonchev–Trinajstić information content (AvgIpc) is 2.25. The molecule has 0 heterocycles. The second-order valence-corrected chi connectivity index (χ2v) is 4.53. The minimum absolute atomic E-state index is 0.0421. The number of carboxylic acids is 1. The molecule has 0 amide bonds. The summed E-state index contributed by atoms with van der Waals surface area (Å²) in [6, 6.07) is 7.02. The Labute approximate surface area is 102 Å². The Hall–Kier alpha value is -1.40. The number of hydrogen-bond donors (Lipinski definition) is 1. The van der Waals surface area contributed by atoms with Gasteiger partial charge in [-0.25, -0.2) is 0 Å². The van der Waals surface area contributed by atoms with Gasteiger partial charge in [0.2, 0.25) is 0 Å². The molecule has 0 bridgehead atoms. The molecule has 1 aromatic rings. The summed E-state index contributed by atoms with van der Waals surface area (Å²) in [6.07, 6.45) is 0.247. The van der Waals surface area contributed by atoms with Crippen molar-refractivity contribution < 1.29 is 18.7 Å². The Morgan fingerprint density at radius 3 is 2.47 bits per heavy atom. The van der Waals surface area contributed by atoms with E-state index in [1.165, 1.54) is 0 Å². The molecule has 1 atom stereocenters. The summed E-state index contributed by atoms with van der Waals surface area (Å²) >= 11 is -2.39. The second kappa shape index (κ2) is 6.36. The summed E-state index contributed by atoms with van der Waals surface area (Å²) in [7, 11) is 0. The highest BCUT2D eigenvalue weighted by Crippen LogP contribution is 2.17. The van der Waals surface area contributed by atoms with Gasteiger partial charge in [0, 0.05) is 29.9 Å². The Bertz CT molecular complexity index is 404. The molecule has 0 aliphatic heterocycles. The van der Waals surface area contributed by atoms with Gasteiger partial charge in [-0.15, -0.1) is 0 Å². The van der Waals surface area contributed by atoms with Crippen LogP contribution >= 0.6 is 0 Å². The number of benzene rings is 1. The fraction of sp³-hybridized carbons (Fsp3) is 0.364. The first-order chi connectivity index (χ1) is 8.00. The van der Waals surface area contributed by atoms with Crippen LogP contribution in [0.3, 0.4) is 0 Å². The van der Waals surface area contributed by atoms with Crippen molar-refractivity contribution in [1.82, 2.24) is 0 Å². The topological polar surface area (TPSA) is 80.7 Å². The van der Waals surface area contributed by atoms with Crippen LogP contribution in [0.5, 0.6) is 0 Å². The van der Waals surface area contributed by atoms with Crippen LogP contribution in [0.1, 0.15) is 18.4 Å². The predicted octanol–water partition coefficient (Wildman–Crippen LogP) is 1.46. The van der Waals surface area contributed by atoms with Crippen LogP contribution < -0.4 is 4.31 Å². The van der Waals surface area contributed by atoms with E-state index in [2.05, 4.69) is 0 Å². The van der Waals surface area contributed by atoms with Crippen LogP contribution in [-0.4, -0.2) is 26.4 Å². The van der Waals surface area contributed by atoms with E-state index in [4.69, 9.17) is 5.11 Å². The van der Waals surface area contributed by atoms with Crippen molar-refractivity contribution in [2.24, 2.45) is 0 Å². The molecule has 0 fully saturated rings. The van der Waals surface area contributed by atoms with Crippen LogP contribution in [0.15, 0.2) is 24.3 Å². The number of hydrogen-bond acceptors (Lipinski definition) is 3. The highest BCUT2D eigenvalue weighted by Gasteiger charge is 2.07. The van der Waals surface area contributed by atoms with E-state index in [1.54, 1.807) is 12.1 Å². The highest BCUT2D eigenvalue weighted by molar-refractivity contribution is 7.80. The van der Waals surface area contributed by atoms with Crippen LogP contribution in [0.4, 0.5) is 5.69 Å². The van der Waals surface area contributed by atoms with Crippen LogP contribution in [0.2, 0.25) is 0 Å². The minimum Gasteiger partial charge on any atom is -0.755 e. The van der Waals surface area contributed by atoms with E-state index in [1.807, 2.05) is 19.1 Å². The fourth-order valence-electron chi connectivity index (χ4n) is 1.37. The second-order valence-electron chi connectivity index (χ2n) is 3.65. The molecule has 0 aliphatic carbocycles. The molecule has 0 aliphatic rings. The third kappa shape index (κ3) is 4.54. The number of carboxylic acid groups (broad SMARTS) is 1. The molecule has 0 spiro atoms. The normalized spacial score (nSPS) is 12.1. The molecular weight excluding hydrogens is 242 g/mol. The third-order valence-corrected chi connectivity index (χ3v) is 3.01. The van der Waals surface area contributed by atoms with Gasteiger partial charge in [-0.1, -0.05) is 17.7 Å². The zero-order valence-corrected chi connectivity index (χ0v) is 10.3. The van der Waals surface area contributed by atoms with E-state index >= 15 is 0 Å². The van der Waals surface area contributed by atoms with Crippen molar-refractivity contribution >= 4 is 22.9 Å². The van der Waals surface area contributed by atoms with Crippen LogP contribution in [-0.2, 0) is 16.1 Å². The van der Waals surface area contributed by atoms with Gasteiger partial charge in [-0.3, -0.25) is 9.00 Å². The summed E-state index contributed by atoms with van der Waals surface area (Å²) in [5.74, 6) is -0.925. The molecule has 5 nitrogen and oxygen atoms in total. The standard InChI is InChI=1S/C11H15NO4S/c1-9-4-6-10(7-5-9)12(17(15)16)8-2-3-11(13)14/h4-7H,2-3,8H2,1H3,(H,13,14)(H,15,16)/p-1. The van der Waals surface area contributed by atoms with Crippen molar-refractivity contribution in [1.29, 1.82) is 0 Å². The van der Waals surface area contributed by atoms with Gasteiger partial charge in [0.05, 0.1) is 0 Å². The van der Waals surface area contributed by atoms with Gasteiger partial charge in [0.1, 0.15) is 0 Å². The van der Waals surface area contributed by atoms with Gasteiger partial charge < -0.3 is 14.0 Å². The monoisotopic (exact) mass is 256 g/mol. The minimum atomic E-state index is -2.39. The van der Waals surface area contributed by atoms with Crippen molar-refractivity contribution in [2.45, 2.75) is 19.8 Å². The Morgan fingerprint density at radius 2 is 2.00 bits per heavy atom. The van der Waals surface area contributed by atoms with E-state index < -0.39 is 17.2 Å². The molecule has 1 rings (SSSR count). The maximum atomic E-state index is 11.0. The molecule has 1 N–H and O–H groups in total. The number of nitrogens with zero attached hydrogens (tertiary/aromatic N) is 1. The number of rotatable bonds is 6. The van der Waals surface area contributed by atoms with Crippen molar-refractivity contribution in [3.8, 4) is 0 Å². The van der Waals surface area contributed by atoms with Gasteiger partial charge in [-0.2, -0.15) is 0 Å². The van der Waals surface area contributed by atoms with Gasteiger partial charge >= 0.3 is 5.97 Å². The van der Waals surface area contributed by atoms with Crippen LogP contribution in [0.25, 0.3) is 0 Å². The number of carbonyl (C=O) groups is 1. The number of aliphatic carboxylic acids is 1. The van der Waals surface area contributed by atoms with E-state index in [-0.39, 0.29) is 19.4 Å². The third-order valence-electron chi connectivity index (χ3n) is 2.25. The van der Waals surface area contributed by atoms with Gasteiger partial charge in [0.25, 0.3) is 0 Å². The summed E-state index contributed by atoms with van der Waals surface area (Å²) in [5.41, 5.74) is 1.59. The molecule has 1 aromatic carbocycles. The predicted molar refractivity (Wildman–Crippen MR) is 64.3 cm³/mol. The largest absolute Gasteiger partial charge is 0.755 e. The summed E-state index contributed by atoms with van der Waals surface area (Å²) in [5, 5.41) is 8.50. The highest BCUT2D eigenvalue weighted by atomic mass is 32.2. The Morgan fingerprint density at radius 1 is 1.41 bits per heavy atom. The lowest BCUT2D eigenvalue weighted by Gasteiger charge is -2.26. The van der Waals surface area contributed by atoms with E-state index in [0.29, 0.717) is 5.69 Å². The smallest absolute Gasteiger partial charge is 0.303 e. The zero-order valence-electron chi connectivity index (χ0n) is 9.46. The molecule has 0 aromatic heterocycles. The Kier molecular flexibility index (Phi) is 5.11. The molecule has 1 unspecified atom stereocenters. The van der Waals surface area contributed by atoms with Gasteiger partial charge in [0.15, 0.2) is 0 Å². The van der Waals surface area contributed by atoms with Crippen molar-refractivity contribution in [3.63, 3.8) is 0 Å². The average molecular weight is 256 g/mol. The van der Waals surface area contributed by atoms with Gasteiger partial charge in [-0.05, 0) is 25.5 Å². The SMILES string of the molecule is Cc1ccc(N(CCCC(=O)O)S(=O)[O-])cc1. The lowest BCUT2D eigenvalue weighted by Crippen LogP contribution is -2.26. The van der Waals surface area contributed by atoms with Crippen molar-refractivity contribution in [2.75, 3.05) is 10.8 Å². The lowest BCUT2D eigenvalue weighted by atomic mass is 10.2. The fourth-order valence-corrected chi connectivity index (χ4v) is 1.95. The lowest BCUT2D eigenvalue weighted by molar-refractivity contribution is -0.137. The van der Waals surface area contributed by atoms with E-state index in [0.717, 1.165) is 9.87 Å². The summed E-state index contributed by atoms with van der Waals surface area (Å²) < 4.78 is 23.2. The Balaban J connectivity index is 2.69. The molecule has 0 saturated heterocycles. The number of anilines is 1. The van der Waals surface area contributed by atoms with Crippen molar-refractivity contribution in [3.05, 3.63) is 29.8 Å². The first-order valence-corrected chi connectivity index (χ1v) is 6.19. The summed E-state index contributed by atoms with van der Waals surface area (Å²) in [4.78, 5) is 10.4.